The van der Waals surface area contributed by atoms with Crippen molar-refractivity contribution >= 4 is 18.2 Å². The van der Waals surface area contributed by atoms with Gasteiger partial charge in [0.15, 0.2) is 6.04 Å². The SMILES string of the molecule is C[C@@H](C(=O)O)N(NC(=O)OCC1c2ccccc2-c2ccccc21)C(=O)OC(C)(C)C. The fraction of sp³-hybridized carbons (Fsp3) is 0.348. The second-order valence-corrected chi connectivity index (χ2v) is 8.30. The number of nitrogens with one attached hydrogen (secondary N) is 1. The van der Waals surface area contributed by atoms with Gasteiger partial charge in [-0.15, -0.1) is 0 Å². The summed E-state index contributed by atoms with van der Waals surface area (Å²) in [7, 11) is 0. The molecular formula is C23H26N2O6. The predicted molar refractivity (Wildman–Crippen MR) is 113 cm³/mol. The molecule has 0 saturated carbocycles. The van der Waals surface area contributed by atoms with Crippen molar-refractivity contribution in [1.29, 1.82) is 0 Å². The summed E-state index contributed by atoms with van der Waals surface area (Å²) in [4.78, 5) is 36.2. The van der Waals surface area contributed by atoms with Crippen LogP contribution in [0.1, 0.15) is 44.7 Å². The molecule has 8 heteroatoms. The number of carboxylic acids is 1. The normalized spacial score (nSPS) is 13.5. The Morgan fingerprint density at radius 3 is 2.03 bits per heavy atom. The van der Waals surface area contributed by atoms with Crippen LogP contribution in [-0.2, 0) is 14.3 Å². The van der Waals surface area contributed by atoms with Crippen LogP contribution in [0, 0.1) is 0 Å². The van der Waals surface area contributed by atoms with Crippen molar-refractivity contribution in [2.75, 3.05) is 6.61 Å². The molecule has 0 fully saturated rings. The third-order valence-electron chi connectivity index (χ3n) is 4.89. The van der Waals surface area contributed by atoms with E-state index in [-0.39, 0.29) is 12.5 Å². The van der Waals surface area contributed by atoms with Gasteiger partial charge in [-0.25, -0.2) is 24.8 Å². The molecule has 31 heavy (non-hydrogen) atoms. The average Bonchev–Trinajstić information content (AvgIpc) is 3.02. The summed E-state index contributed by atoms with van der Waals surface area (Å²) in [5.41, 5.74) is 5.60. The molecule has 3 rings (SSSR count). The van der Waals surface area contributed by atoms with Crippen LogP contribution in [0.15, 0.2) is 48.5 Å². The van der Waals surface area contributed by atoms with Crippen molar-refractivity contribution in [2.45, 2.75) is 45.3 Å². The molecule has 2 N–H and O–H groups in total. The number of nitrogens with zero attached hydrogens (tertiary/aromatic N) is 1. The molecule has 0 radical (unpaired) electrons. The number of carbonyl (C=O) groups excluding carboxylic acids is 2. The van der Waals surface area contributed by atoms with E-state index in [9.17, 15) is 19.5 Å². The van der Waals surface area contributed by atoms with E-state index in [1.807, 2.05) is 48.5 Å². The van der Waals surface area contributed by atoms with Gasteiger partial charge in [-0.2, -0.15) is 0 Å². The Hall–Kier alpha value is -3.55. The Labute approximate surface area is 180 Å². The quantitative estimate of drug-likeness (QED) is 0.712. The molecule has 2 aromatic carbocycles. The van der Waals surface area contributed by atoms with Crippen LogP contribution in [0.4, 0.5) is 9.59 Å². The smallest absolute Gasteiger partial charge is 0.430 e. The van der Waals surface area contributed by atoms with Gasteiger partial charge in [0, 0.05) is 5.92 Å². The summed E-state index contributed by atoms with van der Waals surface area (Å²) < 4.78 is 10.6. The summed E-state index contributed by atoms with van der Waals surface area (Å²) in [6.07, 6.45) is -1.93. The minimum atomic E-state index is -1.35. The zero-order valence-corrected chi connectivity index (χ0v) is 17.9. The number of fused-ring (bicyclic) bond motifs is 3. The number of hydrogen-bond donors (Lipinski definition) is 2. The molecule has 1 aliphatic carbocycles. The number of rotatable bonds is 4. The van der Waals surface area contributed by atoms with E-state index in [1.165, 1.54) is 6.92 Å². The van der Waals surface area contributed by atoms with Crippen molar-refractivity contribution in [3.05, 3.63) is 59.7 Å². The van der Waals surface area contributed by atoms with Crippen molar-refractivity contribution in [1.82, 2.24) is 10.4 Å². The molecule has 1 atom stereocenters. The van der Waals surface area contributed by atoms with Crippen molar-refractivity contribution in [3.8, 4) is 11.1 Å². The summed E-state index contributed by atoms with van der Waals surface area (Å²) in [5, 5.41) is 9.91. The molecular weight excluding hydrogens is 400 g/mol. The number of aliphatic carboxylic acids is 1. The molecule has 0 aromatic heterocycles. The predicted octanol–water partition coefficient (Wildman–Crippen LogP) is 4.15. The maximum atomic E-state index is 12.5. The third-order valence-corrected chi connectivity index (χ3v) is 4.89. The molecule has 0 spiro atoms. The average molecular weight is 426 g/mol. The van der Waals surface area contributed by atoms with Gasteiger partial charge < -0.3 is 14.6 Å². The molecule has 0 heterocycles. The Morgan fingerprint density at radius 1 is 1.03 bits per heavy atom. The Morgan fingerprint density at radius 2 is 1.55 bits per heavy atom. The van der Waals surface area contributed by atoms with E-state index in [0.717, 1.165) is 22.3 Å². The Balaban J connectivity index is 1.72. The van der Waals surface area contributed by atoms with E-state index in [0.29, 0.717) is 5.01 Å². The lowest BCUT2D eigenvalue weighted by Gasteiger charge is -2.29. The zero-order valence-electron chi connectivity index (χ0n) is 17.9. The lowest BCUT2D eigenvalue weighted by atomic mass is 9.98. The Bertz CT molecular complexity index is 952. The van der Waals surface area contributed by atoms with Crippen LogP contribution >= 0.6 is 0 Å². The number of carbonyl (C=O) groups is 3. The molecule has 2 aromatic rings. The second-order valence-electron chi connectivity index (χ2n) is 8.30. The molecule has 164 valence electrons. The van der Waals surface area contributed by atoms with E-state index in [4.69, 9.17) is 9.47 Å². The van der Waals surface area contributed by atoms with Crippen molar-refractivity contribution < 1.29 is 29.0 Å². The second kappa shape index (κ2) is 8.67. The van der Waals surface area contributed by atoms with E-state index in [2.05, 4.69) is 5.43 Å². The molecule has 2 amide bonds. The lowest BCUT2D eigenvalue weighted by molar-refractivity contribution is -0.143. The van der Waals surface area contributed by atoms with Crippen LogP contribution in [0.5, 0.6) is 0 Å². The first kappa shape index (κ1) is 22.1. The molecule has 0 unspecified atom stereocenters. The van der Waals surface area contributed by atoms with Crippen LogP contribution < -0.4 is 5.43 Å². The first-order chi connectivity index (χ1) is 14.6. The highest BCUT2D eigenvalue weighted by Crippen LogP contribution is 2.44. The number of hydrazine groups is 1. The minimum absolute atomic E-state index is 0.0312. The fourth-order valence-electron chi connectivity index (χ4n) is 3.45. The van der Waals surface area contributed by atoms with E-state index < -0.39 is 29.8 Å². The van der Waals surface area contributed by atoms with Crippen LogP contribution in [0.2, 0.25) is 0 Å². The van der Waals surface area contributed by atoms with Gasteiger partial charge in [0.25, 0.3) is 0 Å². The highest BCUT2D eigenvalue weighted by atomic mass is 16.6. The van der Waals surface area contributed by atoms with Crippen LogP contribution in [0.25, 0.3) is 11.1 Å². The fourth-order valence-corrected chi connectivity index (χ4v) is 3.45. The number of benzene rings is 2. The first-order valence-electron chi connectivity index (χ1n) is 9.95. The number of amides is 2. The number of ether oxygens (including phenoxy) is 2. The maximum absolute atomic E-state index is 12.5. The Kier molecular flexibility index (Phi) is 6.19. The van der Waals surface area contributed by atoms with Gasteiger partial charge in [0.2, 0.25) is 0 Å². The summed E-state index contributed by atoms with van der Waals surface area (Å²) >= 11 is 0. The summed E-state index contributed by atoms with van der Waals surface area (Å²) in [6, 6.07) is 14.4. The van der Waals surface area contributed by atoms with Gasteiger partial charge in [-0.1, -0.05) is 48.5 Å². The first-order valence-corrected chi connectivity index (χ1v) is 9.95. The number of hydrogen-bond acceptors (Lipinski definition) is 5. The number of carboxylic acid groups (broad SMARTS) is 1. The molecule has 0 bridgehead atoms. The van der Waals surface area contributed by atoms with Gasteiger partial charge in [-0.05, 0) is 49.9 Å². The van der Waals surface area contributed by atoms with Crippen molar-refractivity contribution in [3.63, 3.8) is 0 Å². The third kappa shape index (κ3) is 4.96. The summed E-state index contributed by atoms with van der Waals surface area (Å²) in [6.45, 7) is 6.21. The van der Waals surface area contributed by atoms with Crippen LogP contribution in [0.3, 0.4) is 0 Å². The monoisotopic (exact) mass is 426 g/mol. The summed E-state index contributed by atoms with van der Waals surface area (Å²) in [5.74, 6) is -1.46. The van der Waals surface area contributed by atoms with Gasteiger partial charge in [0.05, 0.1) is 0 Å². The maximum Gasteiger partial charge on any atom is 0.430 e. The standard InChI is InChI=1S/C23H26N2O6/c1-14(20(26)27)25(22(29)31-23(2,3)4)24-21(28)30-13-19-17-11-7-5-9-15(17)16-10-6-8-12-18(16)19/h5-12,14,19H,13H2,1-4H3,(H,24,28)(H,26,27)/t14-/m0/s1. The minimum Gasteiger partial charge on any atom is -0.480 e. The highest BCUT2D eigenvalue weighted by molar-refractivity contribution is 5.82. The highest BCUT2D eigenvalue weighted by Gasteiger charge is 2.33. The van der Waals surface area contributed by atoms with E-state index >= 15 is 0 Å². The molecule has 1 aliphatic rings. The van der Waals surface area contributed by atoms with Crippen LogP contribution in [-0.4, -0.2) is 46.5 Å². The van der Waals surface area contributed by atoms with E-state index in [1.54, 1.807) is 20.8 Å². The largest absolute Gasteiger partial charge is 0.480 e. The molecule has 8 nitrogen and oxygen atoms in total. The van der Waals surface area contributed by atoms with Gasteiger partial charge in [-0.3, -0.25) is 0 Å². The van der Waals surface area contributed by atoms with Crippen molar-refractivity contribution in [2.24, 2.45) is 0 Å². The topological polar surface area (TPSA) is 105 Å². The zero-order chi connectivity index (χ0) is 22.8. The molecule has 0 saturated heterocycles. The molecule has 0 aliphatic heterocycles. The lowest BCUT2D eigenvalue weighted by Crippen LogP contribution is -2.55. The van der Waals surface area contributed by atoms with Gasteiger partial charge >= 0.3 is 18.2 Å². The van der Waals surface area contributed by atoms with Gasteiger partial charge in [0.1, 0.15) is 12.2 Å².